The Labute approximate surface area is 180 Å². The molecule has 30 heavy (non-hydrogen) atoms. The molecule has 152 valence electrons. The molecular weight excluding hydrogens is 394 g/mol. The van der Waals surface area contributed by atoms with Crippen molar-refractivity contribution in [2.45, 2.75) is 17.8 Å². The molecule has 0 N–H and O–H groups in total. The number of methoxy groups -OCH3 is 2. The second-order valence-corrected chi connectivity index (χ2v) is 7.71. The summed E-state index contributed by atoms with van der Waals surface area (Å²) in [6.07, 6.45) is 0. The van der Waals surface area contributed by atoms with Gasteiger partial charge in [-0.1, -0.05) is 54.2 Å². The van der Waals surface area contributed by atoms with Crippen LogP contribution in [0.5, 0.6) is 11.5 Å². The van der Waals surface area contributed by atoms with E-state index in [2.05, 4.69) is 39.9 Å². The van der Waals surface area contributed by atoms with Crippen molar-refractivity contribution in [1.29, 1.82) is 0 Å². The monoisotopic (exact) mass is 417 g/mol. The van der Waals surface area contributed by atoms with Crippen LogP contribution >= 0.6 is 11.8 Å². The fourth-order valence-electron chi connectivity index (χ4n) is 3.31. The van der Waals surface area contributed by atoms with Crippen LogP contribution in [0, 0.1) is 6.92 Å². The van der Waals surface area contributed by atoms with E-state index in [0.29, 0.717) is 0 Å². The summed E-state index contributed by atoms with van der Waals surface area (Å²) < 4.78 is 13.0. The highest BCUT2D eigenvalue weighted by Gasteiger charge is 2.20. The van der Waals surface area contributed by atoms with E-state index in [1.807, 2.05) is 54.6 Å². The lowest BCUT2D eigenvalue weighted by atomic mass is 10.1. The van der Waals surface area contributed by atoms with Crippen molar-refractivity contribution in [1.82, 2.24) is 14.8 Å². The first-order chi connectivity index (χ1) is 14.7. The van der Waals surface area contributed by atoms with E-state index in [0.717, 1.165) is 50.6 Å². The summed E-state index contributed by atoms with van der Waals surface area (Å²) in [7, 11) is 3.35. The number of hydrogen-bond donors (Lipinski definition) is 0. The van der Waals surface area contributed by atoms with E-state index >= 15 is 0 Å². The zero-order valence-corrected chi connectivity index (χ0v) is 18.0. The van der Waals surface area contributed by atoms with E-state index in [1.165, 1.54) is 0 Å². The third-order valence-electron chi connectivity index (χ3n) is 4.84. The third-order valence-corrected chi connectivity index (χ3v) is 5.84. The van der Waals surface area contributed by atoms with Crippen molar-refractivity contribution in [2.75, 3.05) is 14.2 Å². The van der Waals surface area contributed by atoms with Gasteiger partial charge in [-0.15, -0.1) is 10.2 Å². The molecule has 0 aliphatic heterocycles. The van der Waals surface area contributed by atoms with Gasteiger partial charge in [0.1, 0.15) is 11.5 Å². The molecule has 3 aromatic carbocycles. The van der Waals surface area contributed by atoms with Crippen LogP contribution < -0.4 is 9.47 Å². The minimum atomic E-state index is 0.757. The minimum Gasteiger partial charge on any atom is -0.497 e. The Morgan fingerprint density at radius 2 is 1.67 bits per heavy atom. The first-order valence-corrected chi connectivity index (χ1v) is 10.6. The number of benzene rings is 3. The maximum atomic E-state index is 5.58. The van der Waals surface area contributed by atoms with E-state index < -0.39 is 0 Å². The molecule has 0 fully saturated rings. The quantitative estimate of drug-likeness (QED) is 0.369. The molecule has 4 rings (SSSR count). The van der Waals surface area contributed by atoms with Gasteiger partial charge in [-0.05, 0) is 48.4 Å². The third kappa shape index (κ3) is 4.04. The van der Waals surface area contributed by atoms with Gasteiger partial charge < -0.3 is 9.47 Å². The number of para-hydroxylation sites is 2. The molecule has 0 unspecified atom stereocenters. The maximum absolute atomic E-state index is 5.58. The second-order valence-electron chi connectivity index (χ2n) is 6.77. The molecule has 5 nitrogen and oxygen atoms in total. The highest BCUT2D eigenvalue weighted by Crippen LogP contribution is 2.35. The fraction of sp³-hybridized carbons (Fsp3) is 0.167. The Morgan fingerprint density at radius 1 is 0.867 bits per heavy atom. The Kier molecular flexibility index (Phi) is 6.05. The molecule has 0 radical (unpaired) electrons. The van der Waals surface area contributed by atoms with Crippen molar-refractivity contribution < 1.29 is 9.47 Å². The van der Waals surface area contributed by atoms with Crippen LogP contribution in [0.1, 0.15) is 11.1 Å². The molecule has 6 heteroatoms. The highest BCUT2D eigenvalue weighted by molar-refractivity contribution is 7.98. The van der Waals surface area contributed by atoms with Crippen molar-refractivity contribution in [3.63, 3.8) is 0 Å². The second kappa shape index (κ2) is 9.05. The van der Waals surface area contributed by atoms with Gasteiger partial charge >= 0.3 is 0 Å². The van der Waals surface area contributed by atoms with E-state index in [-0.39, 0.29) is 0 Å². The van der Waals surface area contributed by atoms with Crippen molar-refractivity contribution in [2.24, 2.45) is 0 Å². The van der Waals surface area contributed by atoms with E-state index in [4.69, 9.17) is 9.47 Å². The number of hydrogen-bond acceptors (Lipinski definition) is 5. The SMILES string of the molecule is COc1cccc(CSc2nnc(-c3ccccc3OC)n2-c2ccccc2C)c1. The van der Waals surface area contributed by atoms with Crippen LogP contribution in [0.4, 0.5) is 0 Å². The summed E-state index contributed by atoms with van der Waals surface area (Å²) in [5.41, 5.74) is 4.27. The van der Waals surface area contributed by atoms with Gasteiger partial charge in [-0.2, -0.15) is 0 Å². The molecule has 0 atom stereocenters. The molecule has 4 aromatic rings. The number of rotatable bonds is 7. The van der Waals surface area contributed by atoms with Crippen LogP contribution in [-0.4, -0.2) is 29.0 Å². The molecule has 0 spiro atoms. The standard InChI is InChI=1S/C24H23N3O2S/c1-17-9-4-6-13-21(17)27-23(20-12-5-7-14-22(20)29-3)25-26-24(27)30-16-18-10-8-11-19(15-18)28-2/h4-15H,16H2,1-3H3. The normalized spacial score (nSPS) is 10.8. The summed E-state index contributed by atoms with van der Waals surface area (Å²) in [4.78, 5) is 0. The topological polar surface area (TPSA) is 49.2 Å². The van der Waals surface area contributed by atoms with Crippen LogP contribution in [0.25, 0.3) is 17.1 Å². The highest BCUT2D eigenvalue weighted by atomic mass is 32.2. The summed E-state index contributed by atoms with van der Waals surface area (Å²) in [5.74, 6) is 3.13. The Morgan fingerprint density at radius 3 is 2.47 bits per heavy atom. The summed E-state index contributed by atoms with van der Waals surface area (Å²) in [6.45, 7) is 2.10. The number of thioether (sulfide) groups is 1. The lowest BCUT2D eigenvalue weighted by Gasteiger charge is -2.14. The number of aromatic nitrogens is 3. The predicted molar refractivity (Wildman–Crippen MR) is 121 cm³/mol. The fourth-order valence-corrected chi connectivity index (χ4v) is 4.20. The van der Waals surface area contributed by atoms with Gasteiger partial charge in [0.2, 0.25) is 0 Å². The molecular formula is C24H23N3O2S. The summed E-state index contributed by atoms with van der Waals surface area (Å²) in [6, 6.07) is 24.2. The Bertz CT molecular complexity index is 1160. The molecule has 1 heterocycles. The van der Waals surface area contributed by atoms with Crippen LogP contribution in [0.2, 0.25) is 0 Å². The van der Waals surface area contributed by atoms with E-state index in [9.17, 15) is 0 Å². The zero-order valence-electron chi connectivity index (χ0n) is 17.2. The molecule has 0 saturated heterocycles. The predicted octanol–water partition coefficient (Wildman–Crippen LogP) is 5.55. The minimum absolute atomic E-state index is 0.757. The van der Waals surface area contributed by atoms with E-state index in [1.54, 1.807) is 26.0 Å². The molecule has 0 amide bonds. The first kappa shape index (κ1) is 20.0. The van der Waals surface area contributed by atoms with Crippen molar-refractivity contribution in [3.8, 4) is 28.6 Å². The van der Waals surface area contributed by atoms with Crippen LogP contribution in [-0.2, 0) is 5.75 Å². The first-order valence-electron chi connectivity index (χ1n) is 9.62. The van der Waals surface area contributed by atoms with Gasteiger partial charge in [0.15, 0.2) is 11.0 Å². The maximum Gasteiger partial charge on any atom is 0.196 e. The molecule has 0 aliphatic carbocycles. The molecule has 0 bridgehead atoms. The summed E-state index contributed by atoms with van der Waals surface area (Å²) in [5, 5.41) is 9.91. The van der Waals surface area contributed by atoms with Gasteiger partial charge in [0.05, 0.1) is 25.5 Å². The Balaban J connectivity index is 1.77. The van der Waals surface area contributed by atoms with Gasteiger partial charge in [-0.3, -0.25) is 4.57 Å². The van der Waals surface area contributed by atoms with Crippen molar-refractivity contribution in [3.05, 3.63) is 83.9 Å². The average Bonchev–Trinajstić information content (AvgIpc) is 3.21. The number of nitrogens with zero attached hydrogens (tertiary/aromatic N) is 3. The molecule has 0 saturated carbocycles. The number of ether oxygens (including phenoxy) is 2. The summed E-state index contributed by atoms with van der Waals surface area (Å²) >= 11 is 1.64. The lowest BCUT2D eigenvalue weighted by Crippen LogP contribution is -2.02. The van der Waals surface area contributed by atoms with Gasteiger partial charge in [0, 0.05) is 5.75 Å². The zero-order chi connectivity index (χ0) is 20.9. The van der Waals surface area contributed by atoms with Crippen molar-refractivity contribution >= 4 is 11.8 Å². The average molecular weight is 418 g/mol. The molecule has 0 aliphatic rings. The largest absolute Gasteiger partial charge is 0.497 e. The lowest BCUT2D eigenvalue weighted by molar-refractivity contribution is 0.414. The van der Waals surface area contributed by atoms with Crippen LogP contribution in [0.15, 0.2) is 78.0 Å². The number of aryl methyl sites for hydroxylation is 1. The van der Waals surface area contributed by atoms with Crippen LogP contribution in [0.3, 0.4) is 0 Å². The van der Waals surface area contributed by atoms with Gasteiger partial charge in [-0.25, -0.2) is 0 Å². The van der Waals surface area contributed by atoms with Gasteiger partial charge in [0.25, 0.3) is 0 Å². The smallest absolute Gasteiger partial charge is 0.196 e. The molecule has 1 aromatic heterocycles. The Hall–Kier alpha value is -3.25.